The molecule has 3 aliphatic rings. The average molecular weight is 506 g/mol. The van der Waals surface area contributed by atoms with Crippen LogP contribution < -0.4 is 15.8 Å². The number of anilines is 1. The minimum atomic E-state index is -1.11. The molecule has 0 radical (unpaired) electrons. The predicted octanol–water partition coefficient (Wildman–Crippen LogP) is 2.86. The van der Waals surface area contributed by atoms with Crippen molar-refractivity contribution in [1.82, 2.24) is 9.97 Å². The van der Waals surface area contributed by atoms with E-state index in [-0.39, 0.29) is 44.8 Å². The fraction of sp³-hybridized carbons (Fsp3) is 0.478. The third-order valence-electron chi connectivity index (χ3n) is 6.64. The molecule has 1 aromatic carbocycles. The molecule has 1 amide bonds. The fourth-order valence-electron chi connectivity index (χ4n) is 4.66. The molecule has 2 aliphatic heterocycles. The number of amidine groups is 1. The molecule has 3 heterocycles. The van der Waals surface area contributed by atoms with Gasteiger partial charge in [-0.15, -0.1) is 0 Å². The zero-order valence-corrected chi connectivity index (χ0v) is 20.0. The SMILES string of the molecule is COC[C@]12C[C@H]1[C@@](C)(c1cc(NC(=O)c3cnc(OC[C@H]4CCO4)cn3)cc(F)c1F)N=C(N)S2. The maximum absolute atomic E-state index is 15.0. The van der Waals surface area contributed by atoms with Crippen LogP contribution in [0.5, 0.6) is 5.88 Å². The molecular weight excluding hydrogens is 480 g/mol. The van der Waals surface area contributed by atoms with Crippen molar-refractivity contribution in [3.05, 3.63) is 47.4 Å². The van der Waals surface area contributed by atoms with Crippen molar-refractivity contribution < 1.29 is 27.8 Å². The molecule has 2 fully saturated rings. The molecule has 0 spiro atoms. The lowest BCUT2D eigenvalue weighted by atomic mass is 9.85. The summed E-state index contributed by atoms with van der Waals surface area (Å²) < 4.78 is 45.4. The highest BCUT2D eigenvalue weighted by atomic mass is 32.2. The van der Waals surface area contributed by atoms with E-state index in [4.69, 9.17) is 19.9 Å². The van der Waals surface area contributed by atoms with Gasteiger partial charge in [0.2, 0.25) is 5.88 Å². The summed E-state index contributed by atoms with van der Waals surface area (Å²) in [5.74, 6) is -2.60. The van der Waals surface area contributed by atoms with Crippen LogP contribution in [0, 0.1) is 17.6 Å². The van der Waals surface area contributed by atoms with Gasteiger partial charge in [0, 0.05) is 43.4 Å². The molecule has 2 aromatic rings. The van der Waals surface area contributed by atoms with Crippen LogP contribution in [0.1, 0.15) is 35.8 Å². The highest BCUT2D eigenvalue weighted by molar-refractivity contribution is 8.15. The Morgan fingerprint density at radius 3 is 2.80 bits per heavy atom. The van der Waals surface area contributed by atoms with Crippen LogP contribution in [0.15, 0.2) is 29.5 Å². The molecule has 9 nitrogen and oxygen atoms in total. The summed E-state index contributed by atoms with van der Waals surface area (Å²) in [5.41, 5.74) is 5.04. The van der Waals surface area contributed by atoms with E-state index in [1.54, 1.807) is 14.0 Å². The second kappa shape index (κ2) is 8.99. The highest BCUT2D eigenvalue weighted by Crippen LogP contribution is 2.66. The summed E-state index contributed by atoms with van der Waals surface area (Å²) in [7, 11) is 1.59. The number of carbonyl (C=O) groups excluding carboxylic acids is 1. The summed E-state index contributed by atoms with van der Waals surface area (Å²) in [4.78, 5) is 25.3. The van der Waals surface area contributed by atoms with E-state index in [2.05, 4.69) is 20.3 Å². The van der Waals surface area contributed by atoms with Crippen LogP contribution >= 0.6 is 11.8 Å². The minimum absolute atomic E-state index is 0.00706. The number of methoxy groups -OCH3 is 1. The van der Waals surface area contributed by atoms with Gasteiger partial charge in [-0.2, -0.15) is 0 Å². The van der Waals surface area contributed by atoms with Gasteiger partial charge in [-0.1, -0.05) is 11.8 Å². The van der Waals surface area contributed by atoms with E-state index in [1.807, 2.05) is 0 Å². The zero-order valence-electron chi connectivity index (χ0n) is 19.2. The molecule has 5 rings (SSSR count). The first-order valence-corrected chi connectivity index (χ1v) is 12.0. The third kappa shape index (κ3) is 4.45. The zero-order chi connectivity index (χ0) is 24.8. The van der Waals surface area contributed by atoms with Gasteiger partial charge in [-0.05, 0) is 19.4 Å². The smallest absolute Gasteiger partial charge is 0.275 e. The van der Waals surface area contributed by atoms with Gasteiger partial charge in [0.1, 0.15) is 12.3 Å². The molecule has 186 valence electrons. The van der Waals surface area contributed by atoms with Crippen molar-refractivity contribution in [2.24, 2.45) is 16.6 Å². The Bertz CT molecular complexity index is 1180. The number of benzene rings is 1. The van der Waals surface area contributed by atoms with E-state index in [0.29, 0.717) is 19.6 Å². The molecule has 12 heteroatoms. The predicted molar refractivity (Wildman–Crippen MR) is 125 cm³/mol. The number of nitrogens with one attached hydrogen (secondary N) is 1. The Hall–Kier alpha value is -2.83. The van der Waals surface area contributed by atoms with Gasteiger partial charge >= 0.3 is 0 Å². The van der Waals surface area contributed by atoms with Gasteiger partial charge in [0.15, 0.2) is 16.8 Å². The monoisotopic (exact) mass is 505 g/mol. The molecule has 1 aromatic heterocycles. The molecule has 1 saturated heterocycles. The Morgan fingerprint density at radius 1 is 1.34 bits per heavy atom. The number of hydrogen-bond donors (Lipinski definition) is 2. The quantitative estimate of drug-likeness (QED) is 0.562. The van der Waals surface area contributed by atoms with Gasteiger partial charge in [0.25, 0.3) is 5.91 Å². The van der Waals surface area contributed by atoms with E-state index in [0.717, 1.165) is 19.1 Å². The van der Waals surface area contributed by atoms with Crippen LogP contribution in [0.3, 0.4) is 0 Å². The Balaban J connectivity index is 1.35. The summed E-state index contributed by atoms with van der Waals surface area (Å²) in [6.07, 6.45) is 4.24. The Kier molecular flexibility index (Phi) is 6.14. The number of rotatable bonds is 8. The van der Waals surface area contributed by atoms with Gasteiger partial charge in [-0.25, -0.2) is 18.7 Å². The maximum Gasteiger partial charge on any atom is 0.275 e. The van der Waals surface area contributed by atoms with Gasteiger partial charge < -0.3 is 25.3 Å². The van der Waals surface area contributed by atoms with Crippen molar-refractivity contribution in [3.8, 4) is 5.88 Å². The van der Waals surface area contributed by atoms with E-state index >= 15 is 4.39 Å². The molecule has 0 bridgehead atoms. The summed E-state index contributed by atoms with van der Waals surface area (Å²) in [6.45, 7) is 3.22. The lowest BCUT2D eigenvalue weighted by Crippen LogP contribution is -2.38. The number of carbonyl (C=O) groups is 1. The molecule has 1 aliphatic carbocycles. The first-order valence-electron chi connectivity index (χ1n) is 11.1. The summed E-state index contributed by atoms with van der Waals surface area (Å²) >= 11 is 1.40. The van der Waals surface area contributed by atoms with Crippen molar-refractivity contribution in [2.75, 3.05) is 32.2 Å². The highest BCUT2D eigenvalue weighted by Gasteiger charge is 2.66. The number of amides is 1. The Labute approximate surface area is 204 Å². The molecule has 1 saturated carbocycles. The molecule has 0 unspecified atom stereocenters. The standard InChI is InChI=1S/C23H25F2N5O4S/c1-22(17-7-23(17,11-32-2)35-21(26)30-22)14-5-12(6-15(24)19(14)25)29-20(31)16-8-28-18(9-27-16)34-10-13-3-4-33-13/h5-6,8-9,13,17H,3-4,7,10-11H2,1-2H3,(H2,26,30)(H,29,31)/t13-,17+,22-,23-/m1/s1. The lowest BCUT2D eigenvalue weighted by Gasteiger charge is -2.34. The van der Waals surface area contributed by atoms with Crippen molar-refractivity contribution in [3.63, 3.8) is 0 Å². The van der Waals surface area contributed by atoms with Gasteiger partial charge in [0.05, 0.1) is 35.4 Å². The number of aliphatic imine (C=N–C) groups is 1. The van der Waals surface area contributed by atoms with E-state index in [9.17, 15) is 9.18 Å². The molecule has 4 atom stereocenters. The van der Waals surface area contributed by atoms with Crippen LogP contribution in [0.25, 0.3) is 0 Å². The van der Waals surface area contributed by atoms with Gasteiger partial charge in [-0.3, -0.25) is 9.79 Å². The largest absolute Gasteiger partial charge is 0.474 e. The molecule has 35 heavy (non-hydrogen) atoms. The summed E-state index contributed by atoms with van der Waals surface area (Å²) in [6, 6.07) is 2.31. The second-order valence-corrected chi connectivity index (χ2v) is 10.5. The average Bonchev–Trinajstić information content (AvgIpc) is 3.50. The number of aromatic nitrogens is 2. The van der Waals surface area contributed by atoms with Crippen LogP contribution in [-0.4, -0.2) is 58.8 Å². The summed E-state index contributed by atoms with van der Waals surface area (Å²) in [5, 5.41) is 2.85. The number of fused-ring (bicyclic) bond motifs is 1. The van der Waals surface area contributed by atoms with E-state index < -0.39 is 23.1 Å². The minimum Gasteiger partial charge on any atom is -0.474 e. The normalized spacial score (nSPS) is 29.0. The van der Waals surface area contributed by atoms with Crippen LogP contribution in [0.2, 0.25) is 0 Å². The first-order chi connectivity index (χ1) is 16.7. The molecular formula is C23H25F2N5O4S. The number of nitrogens with zero attached hydrogens (tertiary/aromatic N) is 3. The first kappa shape index (κ1) is 23.9. The molecule has 3 N–H and O–H groups in total. The number of thioether (sulfide) groups is 1. The number of halogens is 2. The number of hydrogen-bond acceptors (Lipinski definition) is 9. The van der Waals surface area contributed by atoms with Crippen LogP contribution in [0.4, 0.5) is 14.5 Å². The van der Waals surface area contributed by atoms with Crippen molar-refractivity contribution in [2.45, 2.75) is 36.2 Å². The fourth-order valence-corrected chi connectivity index (χ4v) is 6.11. The topological polar surface area (TPSA) is 121 Å². The Morgan fingerprint density at radius 2 is 2.14 bits per heavy atom. The maximum atomic E-state index is 15.0. The number of ether oxygens (including phenoxy) is 3. The van der Waals surface area contributed by atoms with E-state index in [1.165, 1.54) is 30.2 Å². The van der Waals surface area contributed by atoms with Crippen molar-refractivity contribution >= 4 is 28.5 Å². The second-order valence-electron chi connectivity index (χ2n) is 9.06. The van der Waals surface area contributed by atoms with Crippen molar-refractivity contribution in [1.29, 1.82) is 0 Å². The lowest BCUT2D eigenvalue weighted by molar-refractivity contribution is -0.0727. The number of nitrogens with two attached hydrogens (primary N) is 1. The van der Waals surface area contributed by atoms with Crippen LogP contribution in [-0.2, 0) is 15.0 Å². The third-order valence-corrected chi connectivity index (χ3v) is 7.92.